The molecule has 2 aromatic carbocycles. The number of aromatic hydroxyl groups is 1. The average molecular weight is 398 g/mol. The number of methoxy groups -OCH3 is 1. The van der Waals surface area contributed by atoms with E-state index in [1.165, 1.54) is 7.11 Å². The maximum absolute atomic E-state index is 11.0. The molecule has 2 rings (SSSR count). The van der Waals surface area contributed by atoms with Crippen molar-refractivity contribution in [1.82, 2.24) is 0 Å². The molecule has 0 saturated heterocycles. The number of hydrogen-bond donors (Lipinski definition) is 1. The van der Waals surface area contributed by atoms with Crippen LogP contribution in [0.2, 0.25) is 0 Å². The van der Waals surface area contributed by atoms with Gasteiger partial charge < -0.3 is 19.3 Å². The lowest BCUT2D eigenvalue weighted by Crippen LogP contribution is -2.05. The molecule has 0 aliphatic carbocycles. The first-order chi connectivity index (χ1) is 13.8. The van der Waals surface area contributed by atoms with E-state index in [1.54, 1.807) is 0 Å². The van der Waals surface area contributed by atoms with E-state index >= 15 is 0 Å². The molecule has 0 saturated carbocycles. The molecule has 0 bridgehead atoms. The number of hydrogen-bond acceptors (Lipinski definition) is 5. The van der Waals surface area contributed by atoms with Crippen LogP contribution in [0.15, 0.2) is 42.0 Å². The van der Waals surface area contributed by atoms with Crippen LogP contribution in [0.4, 0.5) is 4.79 Å². The molecule has 29 heavy (non-hydrogen) atoms. The summed E-state index contributed by atoms with van der Waals surface area (Å²) in [6, 6.07) is 10.0. The molecule has 0 unspecified atom stereocenters. The van der Waals surface area contributed by atoms with E-state index < -0.39 is 6.16 Å². The minimum absolute atomic E-state index is 0.168. The van der Waals surface area contributed by atoms with Crippen molar-refractivity contribution in [2.24, 2.45) is 0 Å². The number of allylic oxidation sites excluding steroid dienone is 1. The zero-order valence-corrected chi connectivity index (χ0v) is 17.9. The zero-order valence-electron chi connectivity index (χ0n) is 17.9. The normalized spacial score (nSPS) is 11.3. The number of phenols is 1. The molecule has 0 aliphatic heterocycles. The van der Waals surface area contributed by atoms with Crippen LogP contribution in [0.5, 0.6) is 11.5 Å². The summed E-state index contributed by atoms with van der Waals surface area (Å²) in [5.41, 5.74) is 5.81. The number of carbonyl (C=O) groups is 1. The van der Waals surface area contributed by atoms with E-state index in [2.05, 4.69) is 4.74 Å². The van der Waals surface area contributed by atoms with Gasteiger partial charge in [0.15, 0.2) is 0 Å². The van der Waals surface area contributed by atoms with E-state index in [4.69, 9.17) is 9.47 Å². The van der Waals surface area contributed by atoms with E-state index in [-0.39, 0.29) is 6.61 Å². The Morgan fingerprint density at radius 2 is 1.76 bits per heavy atom. The van der Waals surface area contributed by atoms with Gasteiger partial charge in [-0.05, 0) is 68.9 Å². The molecule has 0 amide bonds. The summed E-state index contributed by atoms with van der Waals surface area (Å²) in [6.45, 7) is 8.50. The van der Waals surface area contributed by atoms with Gasteiger partial charge in [0.25, 0.3) is 0 Å². The Kier molecular flexibility index (Phi) is 8.13. The monoisotopic (exact) mass is 398 g/mol. The molecular formula is C24H30O5. The molecular weight excluding hydrogens is 368 g/mol. The summed E-state index contributed by atoms with van der Waals surface area (Å²) in [5, 5.41) is 10.7. The van der Waals surface area contributed by atoms with Gasteiger partial charge in [-0.3, -0.25) is 0 Å². The Bertz CT molecular complexity index is 869. The zero-order chi connectivity index (χ0) is 21.4. The number of rotatable bonds is 8. The second-order valence-corrected chi connectivity index (χ2v) is 7.12. The highest BCUT2D eigenvalue weighted by Crippen LogP contribution is 2.38. The van der Waals surface area contributed by atoms with Crippen molar-refractivity contribution in [2.45, 2.75) is 47.1 Å². The van der Waals surface area contributed by atoms with Crippen molar-refractivity contribution in [3.8, 4) is 11.5 Å². The maximum Gasteiger partial charge on any atom is 0.508 e. The Morgan fingerprint density at radius 3 is 2.41 bits per heavy atom. The van der Waals surface area contributed by atoms with Gasteiger partial charge >= 0.3 is 6.16 Å². The molecule has 156 valence electrons. The third kappa shape index (κ3) is 6.01. The van der Waals surface area contributed by atoms with Crippen molar-refractivity contribution < 1.29 is 24.1 Å². The Labute approximate surface area is 172 Å². The fraction of sp³-hybridized carbons (Fsp3) is 0.375. The number of benzene rings is 2. The van der Waals surface area contributed by atoms with Gasteiger partial charge in [0.05, 0.1) is 7.11 Å². The molecule has 0 fully saturated rings. The standard InChI is InChI=1S/C24H30O5/c1-16(13-14-28-24(26)27-5)11-12-21-19(4)23(18(3)17(2)22(21)25)29-15-20-9-7-6-8-10-20/h6-10,13,25H,11-12,14-15H2,1-5H3/b16-13+. The van der Waals surface area contributed by atoms with E-state index in [0.717, 1.165) is 45.6 Å². The topological polar surface area (TPSA) is 65.0 Å². The van der Waals surface area contributed by atoms with Gasteiger partial charge in [-0.25, -0.2) is 4.79 Å². The van der Waals surface area contributed by atoms with Crippen molar-refractivity contribution in [2.75, 3.05) is 13.7 Å². The molecule has 5 nitrogen and oxygen atoms in total. The minimum atomic E-state index is -0.697. The van der Waals surface area contributed by atoms with Crippen LogP contribution in [0.1, 0.15) is 41.2 Å². The molecule has 1 N–H and O–H groups in total. The predicted octanol–water partition coefficient (Wildman–Crippen LogP) is 5.56. The third-order valence-corrected chi connectivity index (χ3v) is 5.13. The summed E-state index contributed by atoms with van der Waals surface area (Å²) in [5.74, 6) is 1.15. The fourth-order valence-electron chi connectivity index (χ4n) is 3.16. The molecule has 5 heteroatoms. The summed E-state index contributed by atoms with van der Waals surface area (Å²) in [4.78, 5) is 11.0. The Hall–Kier alpha value is -2.95. The molecule has 0 heterocycles. The van der Waals surface area contributed by atoms with Crippen LogP contribution < -0.4 is 4.74 Å². The smallest absolute Gasteiger partial charge is 0.507 e. The Balaban J connectivity index is 2.14. The molecule has 0 radical (unpaired) electrons. The van der Waals surface area contributed by atoms with Crippen LogP contribution in [-0.2, 0) is 22.5 Å². The van der Waals surface area contributed by atoms with Crippen molar-refractivity contribution in [3.63, 3.8) is 0 Å². The summed E-state index contributed by atoms with van der Waals surface area (Å²) < 4.78 is 15.5. The van der Waals surface area contributed by atoms with Crippen LogP contribution in [0.3, 0.4) is 0 Å². The molecule has 0 atom stereocenters. The lowest BCUT2D eigenvalue weighted by atomic mass is 9.93. The van der Waals surface area contributed by atoms with Crippen LogP contribution in [0.25, 0.3) is 0 Å². The van der Waals surface area contributed by atoms with Crippen LogP contribution in [-0.4, -0.2) is 25.0 Å². The lowest BCUT2D eigenvalue weighted by molar-refractivity contribution is 0.0816. The molecule has 0 aromatic heterocycles. The maximum atomic E-state index is 11.0. The van der Waals surface area contributed by atoms with Gasteiger partial charge in [0, 0.05) is 5.56 Å². The first-order valence-corrected chi connectivity index (χ1v) is 9.69. The fourth-order valence-corrected chi connectivity index (χ4v) is 3.16. The number of carbonyl (C=O) groups excluding carboxylic acids is 1. The number of ether oxygens (including phenoxy) is 3. The Morgan fingerprint density at radius 1 is 1.07 bits per heavy atom. The quantitative estimate of drug-likeness (QED) is 0.466. The summed E-state index contributed by atoms with van der Waals surface area (Å²) in [6.07, 6.45) is 2.55. The van der Waals surface area contributed by atoms with Crippen LogP contribution >= 0.6 is 0 Å². The number of phenolic OH excluding ortho intramolecular Hbond substituents is 1. The SMILES string of the molecule is COC(=O)OC/C=C(\C)CCc1c(C)c(OCc2ccccc2)c(C)c(C)c1O. The molecule has 0 spiro atoms. The highest BCUT2D eigenvalue weighted by Gasteiger charge is 2.18. The third-order valence-electron chi connectivity index (χ3n) is 5.13. The second-order valence-electron chi connectivity index (χ2n) is 7.12. The van der Waals surface area contributed by atoms with Gasteiger partial charge in [-0.15, -0.1) is 0 Å². The second kappa shape index (κ2) is 10.6. The average Bonchev–Trinajstić information content (AvgIpc) is 2.72. The van der Waals surface area contributed by atoms with E-state index in [1.807, 2.05) is 64.1 Å². The van der Waals surface area contributed by atoms with Crippen molar-refractivity contribution in [1.29, 1.82) is 0 Å². The highest BCUT2D eigenvalue weighted by molar-refractivity contribution is 5.59. The van der Waals surface area contributed by atoms with Gasteiger partial charge in [-0.1, -0.05) is 35.9 Å². The van der Waals surface area contributed by atoms with Gasteiger partial charge in [-0.2, -0.15) is 0 Å². The first kappa shape index (κ1) is 22.3. The van der Waals surface area contributed by atoms with Crippen LogP contribution in [0, 0.1) is 20.8 Å². The van der Waals surface area contributed by atoms with Crippen molar-refractivity contribution in [3.05, 3.63) is 69.8 Å². The summed E-state index contributed by atoms with van der Waals surface area (Å²) >= 11 is 0. The van der Waals surface area contributed by atoms with Gasteiger partial charge in [0.1, 0.15) is 24.7 Å². The molecule has 2 aromatic rings. The lowest BCUT2D eigenvalue weighted by Gasteiger charge is -2.20. The van der Waals surface area contributed by atoms with Crippen molar-refractivity contribution >= 4 is 6.16 Å². The predicted molar refractivity (Wildman–Crippen MR) is 114 cm³/mol. The van der Waals surface area contributed by atoms with E-state index in [0.29, 0.717) is 18.8 Å². The first-order valence-electron chi connectivity index (χ1n) is 9.69. The van der Waals surface area contributed by atoms with Gasteiger partial charge in [0.2, 0.25) is 0 Å². The van der Waals surface area contributed by atoms with E-state index in [9.17, 15) is 9.90 Å². The highest BCUT2D eigenvalue weighted by atomic mass is 16.7. The molecule has 0 aliphatic rings. The minimum Gasteiger partial charge on any atom is -0.507 e. The summed E-state index contributed by atoms with van der Waals surface area (Å²) in [7, 11) is 1.28. The largest absolute Gasteiger partial charge is 0.508 e.